The van der Waals surface area contributed by atoms with Gasteiger partial charge < -0.3 is 5.32 Å². The van der Waals surface area contributed by atoms with Gasteiger partial charge in [-0.25, -0.2) is 0 Å². The molecule has 4 nitrogen and oxygen atoms in total. The molecule has 1 N–H and O–H groups in total. The van der Waals surface area contributed by atoms with Gasteiger partial charge in [-0.2, -0.15) is 5.10 Å². The van der Waals surface area contributed by atoms with Gasteiger partial charge in [0.05, 0.1) is 12.2 Å². The molecule has 1 atom stereocenters. The lowest BCUT2D eigenvalue weighted by molar-refractivity contribution is 0.390. The van der Waals surface area contributed by atoms with Gasteiger partial charge in [0.2, 0.25) is 0 Å². The van der Waals surface area contributed by atoms with E-state index in [1.165, 1.54) is 11.3 Å². The van der Waals surface area contributed by atoms with Crippen LogP contribution in [0, 0.1) is 0 Å². The average molecular weight is 325 g/mol. The maximum atomic E-state index is 6.03. The molecule has 0 amide bonds. The van der Waals surface area contributed by atoms with Gasteiger partial charge in [-0.15, -0.1) is 0 Å². The summed E-state index contributed by atoms with van der Waals surface area (Å²) in [6, 6.07) is 12.4. The highest BCUT2D eigenvalue weighted by atomic mass is 35.5. The predicted octanol–water partition coefficient (Wildman–Crippen LogP) is 3.76. The van der Waals surface area contributed by atoms with Crippen molar-refractivity contribution < 1.29 is 0 Å². The second-order valence-electron chi connectivity index (χ2n) is 5.88. The molecular formula is C18H17ClN4. The van der Waals surface area contributed by atoms with Crippen molar-refractivity contribution >= 4 is 11.6 Å². The van der Waals surface area contributed by atoms with Crippen LogP contribution in [-0.2, 0) is 13.1 Å². The smallest absolute Gasteiger partial charge is 0.100 e. The number of halogens is 1. The highest BCUT2D eigenvalue weighted by Gasteiger charge is 2.24. The monoisotopic (exact) mass is 324 g/mol. The fraction of sp³-hybridized carbons (Fsp3) is 0.222. The van der Waals surface area contributed by atoms with E-state index in [1.54, 1.807) is 0 Å². The maximum Gasteiger partial charge on any atom is 0.100 e. The van der Waals surface area contributed by atoms with E-state index in [0.717, 1.165) is 34.9 Å². The first-order valence-electron chi connectivity index (χ1n) is 7.72. The largest absolute Gasteiger partial charge is 0.307 e. The van der Waals surface area contributed by atoms with E-state index in [4.69, 9.17) is 16.7 Å². The number of fused-ring (bicyclic) bond motifs is 1. The molecule has 0 unspecified atom stereocenters. The second kappa shape index (κ2) is 5.80. The fourth-order valence-corrected chi connectivity index (χ4v) is 3.18. The Morgan fingerprint density at radius 1 is 1.09 bits per heavy atom. The molecule has 0 aliphatic carbocycles. The number of rotatable bonds is 2. The quantitative estimate of drug-likeness (QED) is 0.780. The molecule has 0 spiro atoms. The number of nitrogens with one attached hydrogen (secondary N) is 1. The molecule has 0 radical (unpaired) electrons. The van der Waals surface area contributed by atoms with Crippen molar-refractivity contribution in [1.82, 2.24) is 20.1 Å². The summed E-state index contributed by atoms with van der Waals surface area (Å²) in [5, 5.41) is 9.15. The van der Waals surface area contributed by atoms with Gasteiger partial charge in [0.15, 0.2) is 0 Å². The van der Waals surface area contributed by atoms with Crippen LogP contribution in [0.25, 0.3) is 22.4 Å². The van der Waals surface area contributed by atoms with Crippen LogP contribution in [0.3, 0.4) is 0 Å². The molecule has 1 aliphatic heterocycles. The van der Waals surface area contributed by atoms with E-state index in [2.05, 4.69) is 21.9 Å². The molecule has 0 fully saturated rings. The summed E-state index contributed by atoms with van der Waals surface area (Å²) in [4.78, 5) is 4.13. The Labute approximate surface area is 140 Å². The summed E-state index contributed by atoms with van der Waals surface area (Å²) in [6.45, 7) is 3.87. The van der Waals surface area contributed by atoms with Crippen LogP contribution in [0.1, 0.15) is 12.6 Å². The van der Waals surface area contributed by atoms with Crippen LogP contribution in [0.4, 0.5) is 0 Å². The summed E-state index contributed by atoms with van der Waals surface area (Å²) in [7, 11) is 0. The zero-order chi connectivity index (χ0) is 15.8. The van der Waals surface area contributed by atoms with Gasteiger partial charge in [0.1, 0.15) is 5.69 Å². The Kier molecular flexibility index (Phi) is 3.63. The highest BCUT2D eigenvalue weighted by molar-refractivity contribution is 6.30. The SMILES string of the molecule is C[C@H]1Cn2nc(-c3ccc(Cl)cc3)c(-c3ccncc3)c2CN1. The number of nitrogens with zero attached hydrogens (tertiary/aromatic N) is 3. The van der Waals surface area contributed by atoms with E-state index in [0.29, 0.717) is 6.04 Å². The van der Waals surface area contributed by atoms with Crippen molar-refractivity contribution in [3.63, 3.8) is 0 Å². The van der Waals surface area contributed by atoms with Crippen molar-refractivity contribution in [1.29, 1.82) is 0 Å². The molecule has 1 aliphatic rings. The third-order valence-electron chi connectivity index (χ3n) is 4.21. The molecular weight excluding hydrogens is 308 g/mol. The van der Waals surface area contributed by atoms with Gasteiger partial charge in [-0.1, -0.05) is 23.7 Å². The van der Waals surface area contributed by atoms with Gasteiger partial charge >= 0.3 is 0 Å². The second-order valence-corrected chi connectivity index (χ2v) is 6.31. The van der Waals surface area contributed by atoms with Crippen LogP contribution < -0.4 is 5.32 Å². The molecule has 4 rings (SSSR count). The molecule has 0 bridgehead atoms. The van der Waals surface area contributed by atoms with Crippen molar-refractivity contribution in [3.05, 3.63) is 59.5 Å². The van der Waals surface area contributed by atoms with Crippen molar-refractivity contribution in [3.8, 4) is 22.4 Å². The first-order chi connectivity index (χ1) is 11.2. The Morgan fingerprint density at radius 2 is 1.83 bits per heavy atom. The Bertz CT molecular complexity index is 824. The number of pyridine rings is 1. The molecule has 1 aromatic carbocycles. The third kappa shape index (κ3) is 2.64. The first-order valence-corrected chi connectivity index (χ1v) is 8.09. The van der Waals surface area contributed by atoms with Crippen LogP contribution in [-0.4, -0.2) is 20.8 Å². The van der Waals surface area contributed by atoms with Crippen molar-refractivity contribution in [2.45, 2.75) is 26.1 Å². The number of hydrogen-bond donors (Lipinski definition) is 1. The Hall–Kier alpha value is -2.17. The number of benzene rings is 1. The average Bonchev–Trinajstić information content (AvgIpc) is 2.94. The van der Waals surface area contributed by atoms with E-state index in [-0.39, 0.29) is 0 Å². The normalized spacial score (nSPS) is 17.0. The summed E-state index contributed by atoms with van der Waals surface area (Å²) in [5.41, 5.74) is 5.62. The Morgan fingerprint density at radius 3 is 2.57 bits per heavy atom. The van der Waals surface area contributed by atoms with E-state index < -0.39 is 0 Å². The topological polar surface area (TPSA) is 42.7 Å². The standard InChI is InChI=1S/C18H17ClN4/c1-12-11-23-16(10-21-12)17(13-6-8-20-9-7-13)18(22-23)14-2-4-15(19)5-3-14/h2-9,12,21H,10-11H2,1H3/t12-/m0/s1. The van der Waals surface area contributed by atoms with Crippen LogP contribution in [0.2, 0.25) is 5.02 Å². The summed E-state index contributed by atoms with van der Waals surface area (Å²) in [5.74, 6) is 0. The Balaban J connectivity index is 1.93. The molecule has 5 heteroatoms. The molecule has 0 saturated carbocycles. The molecule has 23 heavy (non-hydrogen) atoms. The minimum Gasteiger partial charge on any atom is -0.307 e. The minimum absolute atomic E-state index is 0.422. The van der Waals surface area contributed by atoms with E-state index in [1.807, 2.05) is 48.8 Å². The van der Waals surface area contributed by atoms with E-state index >= 15 is 0 Å². The summed E-state index contributed by atoms with van der Waals surface area (Å²) < 4.78 is 2.13. The number of hydrogen-bond acceptors (Lipinski definition) is 3. The predicted molar refractivity (Wildman–Crippen MR) is 92.2 cm³/mol. The molecule has 116 valence electrons. The lowest BCUT2D eigenvalue weighted by Gasteiger charge is -2.22. The summed E-state index contributed by atoms with van der Waals surface area (Å²) in [6.07, 6.45) is 3.65. The fourth-order valence-electron chi connectivity index (χ4n) is 3.05. The third-order valence-corrected chi connectivity index (χ3v) is 4.46. The van der Waals surface area contributed by atoms with Crippen LogP contribution in [0.5, 0.6) is 0 Å². The zero-order valence-corrected chi connectivity index (χ0v) is 13.6. The maximum absolute atomic E-state index is 6.03. The lowest BCUT2D eigenvalue weighted by Crippen LogP contribution is -2.36. The van der Waals surface area contributed by atoms with Gasteiger partial charge in [-0.3, -0.25) is 9.67 Å². The summed E-state index contributed by atoms with van der Waals surface area (Å²) >= 11 is 6.03. The molecule has 3 aromatic rings. The minimum atomic E-state index is 0.422. The molecule has 3 heterocycles. The van der Waals surface area contributed by atoms with E-state index in [9.17, 15) is 0 Å². The van der Waals surface area contributed by atoms with Crippen LogP contribution >= 0.6 is 11.6 Å². The van der Waals surface area contributed by atoms with Gasteiger partial charge in [0.25, 0.3) is 0 Å². The molecule has 2 aromatic heterocycles. The molecule has 0 saturated heterocycles. The number of aromatic nitrogens is 3. The van der Waals surface area contributed by atoms with Gasteiger partial charge in [0, 0.05) is 41.1 Å². The van der Waals surface area contributed by atoms with Crippen LogP contribution in [0.15, 0.2) is 48.8 Å². The van der Waals surface area contributed by atoms with Crippen molar-refractivity contribution in [2.24, 2.45) is 0 Å². The zero-order valence-electron chi connectivity index (χ0n) is 12.8. The lowest BCUT2D eigenvalue weighted by atomic mass is 9.99. The van der Waals surface area contributed by atoms with Gasteiger partial charge in [-0.05, 0) is 36.8 Å². The first kappa shape index (κ1) is 14.4. The van der Waals surface area contributed by atoms with Crippen molar-refractivity contribution in [2.75, 3.05) is 0 Å². The highest BCUT2D eigenvalue weighted by Crippen LogP contribution is 2.35.